The molecular weight excluding hydrogens is 446 g/mol. The van der Waals surface area contributed by atoms with Crippen LogP contribution in [0, 0.1) is 0 Å². The molecule has 1 aliphatic rings. The summed E-state index contributed by atoms with van der Waals surface area (Å²) < 4.78 is 10.9. The number of nitrogens with zero attached hydrogens (tertiary/aromatic N) is 1. The van der Waals surface area contributed by atoms with Crippen molar-refractivity contribution in [3.05, 3.63) is 71.4 Å². The number of ether oxygens (including phenoxy) is 2. The molecule has 35 heavy (non-hydrogen) atoms. The Morgan fingerprint density at radius 1 is 1.11 bits per heavy atom. The molecule has 0 saturated heterocycles. The quantitative estimate of drug-likeness (QED) is 0.540. The summed E-state index contributed by atoms with van der Waals surface area (Å²) in [6.07, 6.45) is -0.405. The fourth-order valence-electron chi connectivity index (χ4n) is 4.23. The van der Waals surface area contributed by atoms with Crippen LogP contribution in [-0.4, -0.2) is 45.5 Å². The van der Waals surface area contributed by atoms with E-state index in [-0.39, 0.29) is 25.5 Å². The fourth-order valence-corrected chi connectivity index (χ4v) is 4.23. The summed E-state index contributed by atoms with van der Waals surface area (Å²) >= 11 is 0. The molecule has 2 aromatic carbocycles. The molecule has 2 heterocycles. The van der Waals surface area contributed by atoms with Gasteiger partial charge in [0.05, 0.1) is 6.54 Å². The largest absolute Gasteiger partial charge is 0.459 e. The van der Waals surface area contributed by atoms with Crippen LogP contribution in [0.3, 0.4) is 0 Å². The number of rotatable bonds is 5. The zero-order valence-corrected chi connectivity index (χ0v) is 20.5. The molecule has 0 fully saturated rings. The van der Waals surface area contributed by atoms with Crippen LogP contribution in [-0.2, 0) is 38.6 Å². The lowest BCUT2D eigenvalue weighted by atomic mass is 10.0. The summed E-state index contributed by atoms with van der Waals surface area (Å²) in [6, 6.07) is 15.4. The van der Waals surface area contributed by atoms with Gasteiger partial charge in [0.1, 0.15) is 24.3 Å². The maximum absolute atomic E-state index is 13.6. The lowest BCUT2D eigenvalue weighted by molar-refractivity contribution is -0.156. The number of carbonyl (C=O) groups is 3. The Morgan fingerprint density at radius 2 is 1.80 bits per heavy atom. The Morgan fingerprint density at radius 3 is 2.51 bits per heavy atom. The van der Waals surface area contributed by atoms with Gasteiger partial charge in [-0.15, -0.1) is 0 Å². The SMILES string of the molecule is C[C@@H](C(=O)OCc1ccccc1)N1Cc2[nH]c3ccccc3c2C[C@H](NC(=O)OC(C)(C)C)C1=O. The van der Waals surface area contributed by atoms with Crippen molar-refractivity contribution in [1.82, 2.24) is 15.2 Å². The number of esters is 1. The van der Waals surface area contributed by atoms with E-state index in [9.17, 15) is 14.4 Å². The van der Waals surface area contributed by atoms with Crippen molar-refractivity contribution in [2.24, 2.45) is 0 Å². The van der Waals surface area contributed by atoms with Crippen molar-refractivity contribution in [2.45, 2.75) is 65.0 Å². The number of benzene rings is 2. The molecule has 2 N–H and O–H groups in total. The van der Waals surface area contributed by atoms with Gasteiger partial charge in [0.25, 0.3) is 0 Å². The normalized spacial score (nSPS) is 16.9. The Labute approximate surface area is 204 Å². The molecule has 0 unspecified atom stereocenters. The highest BCUT2D eigenvalue weighted by Crippen LogP contribution is 2.29. The minimum atomic E-state index is -0.894. The summed E-state index contributed by atoms with van der Waals surface area (Å²) in [6.45, 7) is 7.23. The highest BCUT2D eigenvalue weighted by Gasteiger charge is 2.38. The van der Waals surface area contributed by atoms with Crippen LogP contribution >= 0.6 is 0 Å². The Hall–Kier alpha value is -3.81. The van der Waals surface area contributed by atoms with Crippen LogP contribution in [0.25, 0.3) is 10.9 Å². The molecule has 0 spiro atoms. The first-order chi connectivity index (χ1) is 16.6. The van der Waals surface area contributed by atoms with E-state index < -0.39 is 29.7 Å². The molecule has 4 rings (SSSR count). The number of amides is 2. The van der Waals surface area contributed by atoms with Crippen molar-refractivity contribution in [3.8, 4) is 0 Å². The number of nitrogens with one attached hydrogen (secondary N) is 2. The first-order valence-electron chi connectivity index (χ1n) is 11.7. The molecule has 1 aromatic heterocycles. The first-order valence-corrected chi connectivity index (χ1v) is 11.7. The second-order valence-electron chi connectivity index (χ2n) is 9.77. The van der Waals surface area contributed by atoms with Crippen molar-refractivity contribution in [3.63, 3.8) is 0 Å². The second kappa shape index (κ2) is 9.82. The predicted octanol–water partition coefficient (Wildman–Crippen LogP) is 4.08. The number of fused-ring (bicyclic) bond motifs is 3. The molecule has 8 nitrogen and oxygen atoms in total. The maximum Gasteiger partial charge on any atom is 0.408 e. The Balaban J connectivity index is 1.60. The number of H-pyrrole nitrogens is 1. The number of hydrogen-bond donors (Lipinski definition) is 2. The van der Waals surface area contributed by atoms with Gasteiger partial charge in [-0.05, 0) is 44.9 Å². The van der Waals surface area contributed by atoms with Gasteiger partial charge >= 0.3 is 12.1 Å². The van der Waals surface area contributed by atoms with E-state index in [0.29, 0.717) is 0 Å². The Bertz CT molecular complexity index is 1230. The van der Waals surface area contributed by atoms with E-state index in [0.717, 1.165) is 27.7 Å². The first kappa shape index (κ1) is 24.3. The minimum Gasteiger partial charge on any atom is -0.459 e. The van der Waals surface area contributed by atoms with E-state index in [2.05, 4.69) is 10.3 Å². The highest BCUT2D eigenvalue weighted by atomic mass is 16.6. The van der Waals surface area contributed by atoms with E-state index in [1.165, 1.54) is 4.90 Å². The lowest BCUT2D eigenvalue weighted by Gasteiger charge is -2.30. The standard InChI is InChI=1S/C27H31N3O5/c1-17(25(32)34-16-18-10-6-5-7-11-18)30-15-23-20(19-12-8-9-13-21(19)28-23)14-22(24(30)31)29-26(33)35-27(2,3)4/h5-13,17,22,28H,14-16H2,1-4H3,(H,29,33)/t17-,22-/m0/s1. The molecule has 2 atom stereocenters. The number of carbonyl (C=O) groups excluding carboxylic acids is 3. The smallest absolute Gasteiger partial charge is 0.408 e. The highest BCUT2D eigenvalue weighted by molar-refractivity contribution is 5.92. The number of hydrogen-bond acceptors (Lipinski definition) is 5. The van der Waals surface area contributed by atoms with Gasteiger partial charge in [-0.1, -0.05) is 48.5 Å². The lowest BCUT2D eigenvalue weighted by Crippen LogP contribution is -2.53. The van der Waals surface area contributed by atoms with Gasteiger partial charge in [0.15, 0.2) is 0 Å². The van der Waals surface area contributed by atoms with Gasteiger partial charge in [-0.25, -0.2) is 9.59 Å². The van der Waals surface area contributed by atoms with E-state index in [1.807, 2.05) is 54.6 Å². The predicted molar refractivity (Wildman–Crippen MR) is 131 cm³/mol. The molecule has 2 amide bonds. The summed E-state index contributed by atoms with van der Waals surface area (Å²) in [7, 11) is 0. The fraction of sp³-hybridized carbons (Fsp3) is 0.370. The van der Waals surface area contributed by atoms with Gasteiger partial charge in [-0.3, -0.25) is 4.79 Å². The third kappa shape index (κ3) is 5.65. The molecule has 0 aliphatic carbocycles. The summed E-state index contributed by atoms with van der Waals surface area (Å²) in [4.78, 5) is 43.9. The molecule has 0 saturated carbocycles. The van der Waals surface area contributed by atoms with E-state index in [4.69, 9.17) is 9.47 Å². The summed E-state index contributed by atoms with van der Waals surface area (Å²) in [5.74, 6) is -0.883. The molecule has 8 heteroatoms. The van der Waals surface area contributed by atoms with Crippen LogP contribution in [0.1, 0.15) is 44.5 Å². The summed E-state index contributed by atoms with van der Waals surface area (Å²) in [5.41, 5.74) is 2.84. The zero-order valence-electron chi connectivity index (χ0n) is 20.5. The average molecular weight is 478 g/mol. The molecule has 1 aliphatic heterocycles. The van der Waals surface area contributed by atoms with Crippen molar-refractivity contribution < 1.29 is 23.9 Å². The van der Waals surface area contributed by atoms with E-state index >= 15 is 0 Å². The van der Waals surface area contributed by atoms with Gasteiger partial charge in [0, 0.05) is 23.0 Å². The average Bonchev–Trinajstić information content (AvgIpc) is 3.09. The monoisotopic (exact) mass is 477 g/mol. The number of para-hydroxylation sites is 1. The van der Waals surface area contributed by atoms with Crippen molar-refractivity contribution in [2.75, 3.05) is 0 Å². The van der Waals surface area contributed by atoms with Gasteiger partial charge in [0.2, 0.25) is 5.91 Å². The number of alkyl carbamates (subject to hydrolysis) is 1. The van der Waals surface area contributed by atoms with Crippen molar-refractivity contribution >= 4 is 28.9 Å². The van der Waals surface area contributed by atoms with Gasteiger partial charge < -0.3 is 24.7 Å². The van der Waals surface area contributed by atoms with Crippen molar-refractivity contribution in [1.29, 1.82) is 0 Å². The third-order valence-corrected chi connectivity index (χ3v) is 5.94. The third-order valence-electron chi connectivity index (χ3n) is 5.94. The van der Waals surface area contributed by atoms with Gasteiger partial charge in [-0.2, -0.15) is 0 Å². The molecular formula is C27H31N3O5. The number of aromatic nitrogens is 1. The summed E-state index contributed by atoms with van der Waals surface area (Å²) in [5, 5.41) is 3.70. The minimum absolute atomic E-state index is 0.114. The van der Waals surface area contributed by atoms with Crippen LogP contribution in [0.4, 0.5) is 4.79 Å². The molecule has 0 bridgehead atoms. The van der Waals surface area contributed by atoms with Crippen LogP contribution in [0.2, 0.25) is 0 Å². The number of aromatic amines is 1. The maximum atomic E-state index is 13.6. The Kier molecular flexibility index (Phi) is 6.82. The zero-order chi connectivity index (χ0) is 25.2. The van der Waals surface area contributed by atoms with Crippen LogP contribution in [0.15, 0.2) is 54.6 Å². The topological polar surface area (TPSA) is 101 Å². The van der Waals surface area contributed by atoms with Crippen LogP contribution < -0.4 is 5.32 Å². The molecule has 3 aromatic rings. The van der Waals surface area contributed by atoms with E-state index in [1.54, 1.807) is 27.7 Å². The van der Waals surface area contributed by atoms with Crippen LogP contribution in [0.5, 0.6) is 0 Å². The molecule has 0 radical (unpaired) electrons. The second-order valence-corrected chi connectivity index (χ2v) is 9.77. The molecule has 184 valence electrons.